The highest BCUT2D eigenvalue weighted by Crippen LogP contribution is 2.33. The third kappa shape index (κ3) is 3.67. The van der Waals surface area contributed by atoms with Crippen molar-refractivity contribution in [3.8, 4) is 11.3 Å². The van der Waals surface area contributed by atoms with Gasteiger partial charge in [0.05, 0.1) is 16.1 Å². The fraction of sp³-hybridized carbons (Fsp3) is 0.400. The van der Waals surface area contributed by atoms with Crippen LogP contribution in [0.5, 0.6) is 0 Å². The predicted molar refractivity (Wildman–Crippen MR) is 104 cm³/mol. The van der Waals surface area contributed by atoms with Gasteiger partial charge in [0.25, 0.3) is 0 Å². The van der Waals surface area contributed by atoms with E-state index in [1.165, 1.54) is 25.7 Å². The molecule has 140 valence electrons. The van der Waals surface area contributed by atoms with Gasteiger partial charge in [0.1, 0.15) is 5.69 Å². The summed E-state index contributed by atoms with van der Waals surface area (Å²) in [4.78, 5) is 24.2. The van der Waals surface area contributed by atoms with Crippen molar-refractivity contribution in [3.05, 3.63) is 41.6 Å². The van der Waals surface area contributed by atoms with Crippen molar-refractivity contribution in [2.45, 2.75) is 39.2 Å². The molecule has 7 heteroatoms. The van der Waals surface area contributed by atoms with E-state index in [1.54, 1.807) is 18.5 Å². The molecule has 6 nitrogen and oxygen atoms in total. The zero-order chi connectivity index (χ0) is 19.0. The molecule has 0 spiro atoms. The van der Waals surface area contributed by atoms with Crippen molar-refractivity contribution >= 4 is 28.6 Å². The van der Waals surface area contributed by atoms with E-state index in [0.29, 0.717) is 27.7 Å². The van der Waals surface area contributed by atoms with Gasteiger partial charge in [-0.1, -0.05) is 31.4 Å². The third-order valence-electron chi connectivity index (χ3n) is 5.37. The van der Waals surface area contributed by atoms with Crippen LogP contribution in [0.1, 0.15) is 43.2 Å². The van der Waals surface area contributed by atoms with E-state index in [1.807, 2.05) is 12.3 Å². The summed E-state index contributed by atoms with van der Waals surface area (Å²) in [5, 5.41) is 9.87. The summed E-state index contributed by atoms with van der Waals surface area (Å²) in [6.07, 6.45) is 10.1. The maximum atomic E-state index is 11.5. The second kappa shape index (κ2) is 7.27. The molecule has 0 atom stereocenters. The van der Waals surface area contributed by atoms with Crippen LogP contribution in [-0.4, -0.2) is 30.6 Å². The number of hydrogen-bond acceptors (Lipinski definition) is 4. The average Bonchev–Trinajstić information content (AvgIpc) is 3.05. The standard InChI is InChI=1S/C20H21ClN4O2/c1-12-2-4-13(5-3-12)11-25-7-6-16-18(25)17(24-19(23-16)20(26)27)14-8-15(21)10-22-9-14/h6-10,12-13H,2-5,11H2,1H3,(H,26,27). The van der Waals surface area contributed by atoms with Crippen LogP contribution in [0.15, 0.2) is 30.7 Å². The maximum Gasteiger partial charge on any atom is 0.373 e. The van der Waals surface area contributed by atoms with Gasteiger partial charge in [-0.05, 0) is 36.8 Å². The lowest BCUT2D eigenvalue weighted by molar-refractivity contribution is 0.0684. The van der Waals surface area contributed by atoms with Gasteiger partial charge in [0, 0.05) is 30.7 Å². The Kier molecular flexibility index (Phi) is 4.83. The number of carboxylic acid groups (broad SMARTS) is 1. The molecule has 3 aromatic rings. The van der Waals surface area contributed by atoms with Crippen molar-refractivity contribution < 1.29 is 9.90 Å². The first-order chi connectivity index (χ1) is 13.0. The molecule has 0 aliphatic heterocycles. The van der Waals surface area contributed by atoms with Gasteiger partial charge in [-0.25, -0.2) is 14.8 Å². The smallest absolute Gasteiger partial charge is 0.373 e. The number of aromatic carboxylic acids is 1. The van der Waals surface area contributed by atoms with Crippen LogP contribution in [0.4, 0.5) is 0 Å². The number of pyridine rings is 1. The molecule has 0 bridgehead atoms. The molecular formula is C20H21ClN4O2. The second-order valence-electron chi connectivity index (χ2n) is 7.42. The number of carbonyl (C=O) groups is 1. The van der Waals surface area contributed by atoms with E-state index in [9.17, 15) is 9.90 Å². The fourth-order valence-corrected chi connectivity index (χ4v) is 4.06. The van der Waals surface area contributed by atoms with E-state index >= 15 is 0 Å². The van der Waals surface area contributed by atoms with Crippen molar-refractivity contribution in [1.29, 1.82) is 0 Å². The third-order valence-corrected chi connectivity index (χ3v) is 5.58. The first-order valence-corrected chi connectivity index (χ1v) is 9.60. The van der Waals surface area contributed by atoms with Gasteiger partial charge < -0.3 is 9.67 Å². The molecule has 0 radical (unpaired) electrons. The van der Waals surface area contributed by atoms with Gasteiger partial charge in [-0.2, -0.15) is 0 Å². The van der Waals surface area contributed by atoms with Gasteiger partial charge in [0.2, 0.25) is 5.82 Å². The lowest BCUT2D eigenvalue weighted by Crippen LogP contribution is -2.17. The normalized spacial score (nSPS) is 20.1. The van der Waals surface area contributed by atoms with Gasteiger partial charge in [-0.15, -0.1) is 0 Å². The lowest BCUT2D eigenvalue weighted by atomic mass is 9.83. The zero-order valence-electron chi connectivity index (χ0n) is 15.1. The Bertz CT molecular complexity index is 993. The highest BCUT2D eigenvalue weighted by Gasteiger charge is 2.22. The van der Waals surface area contributed by atoms with Crippen LogP contribution in [0.3, 0.4) is 0 Å². The summed E-state index contributed by atoms with van der Waals surface area (Å²) in [6, 6.07) is 3.61. The second-order valence-corrected chi connectivity index (χ2v) is 7.86. The number of nitrogens with zero attached hydrogens (tertiary/aromatic N) is 4. The van der Waals surface area contributed by atoms with Crippen LogP contribution in [0.2, 0.25) is 5.02 Å². The average molecular weight is 385 g/mol. The summed E-state index contributed by atoms with van der Waals surface area (Å²) >= 11 is 6.10. The SMILES string of the molecule is CC1CCC(Cn2ccc3nc(C(=O)O)nc(-c4cncc(Cl)c4)c32)CC1. The van der Waals surface area contributed by atoms with Crippen molar-refractivity contribution in [1.82, 2.24) is 19.5 Å². The summed E-state index contributed by atoms with van der Waals surface area (Å²) < 4.78 is 2.15. The molecule has 1 saturated carbocycles. The minimum atomic E-state index is -1.15. The maximum absolute atomic E-state index is 11.5. The number of carboxylic acids is 1. The fourth-order valence-electron chi connectivity index (χ4n) is 3.89. The number of halogens is 1. The number of hydrogen-bond donors (Lipinski definition) is 1. The minimum Gasteiger partial charge on any atom is -0.475 e. The molecule has 0 unspecified atom stereocenters. The van der Waals surface area contributed by atoms with E-state index < -0.39 is 5.97 Å². The minimum absolute atomic E-state index is 0.221. The number of aromatic nitrogens is 4. The molecule has 1 aliphatic rings. The van der Waals surface area contributed by atoms with Crippen molar-refractivity contribution in [3.63, 3.8) is 0 Å². The van der Waals surface area contributed by atoms with Crippen LogP contribution in [0, 0.1) is 11.8 Å². The summed E-state index contributed by atoms with van der Waals surface area (Å²) in [6.45, 7) is 3.19. The van der Waals surface area contributed by atoms with Crippen LogP contribution in [0.25, 0.3) is 22.3 Å². The molecule has 0 saturated heterocycles. The monoisotopic (exact) mass is 384 g/mol. The Morgan fingerprint density at radius 2 is 2.04 bits per heavy atom. The molecule has 3 aromatic heterocycles. The molecular weight excluding hydrogens is 364 g/mol. The van der Waals surface area contributed by atoms with Crippen LogP contribution < -0.4 is 0 Å². The molecule has 1 fully saturated rings. The number of rotatable bonds is 4. The van der Waals surface area contributed by atoms with Crippen LogP contribution in [-0.2, 0) is 6.54 Å². The molecule has 1 N–H and O–H groups in total. The summed E-state index contributed by atoms with van der Waals surface area (Å²) in [5.41, 5.74) is 2.71. The highest BCUT2D eigenvalue weighted by atomic mass is 35.5. The van der Waals surface area contributed by atoms with Crippen LogP contribution >= 0.6 is 11.6 Å². The lowest BCUT2D eigenvalue weighted by Gasteiger charge is -2.26. The first kappa shape index (κ1) is 17.9. The molecule has 4 rings (SSSR count). The van der Waals surface area contributed by atoms with E-state index in [2.05, 4.69) is 26.4 Å². The van der Waals surface area contributed by atoms with Crippen molar-refractivity contribution in [2.75, 3.05) is 0 Å². The highest BCUT2D eigenvalue weighted by molar-refractivity contribution is 6.30. The van der Waals surface area contributed by atoms with E-state index in [4.69, 9.17) is 11.6 Å². The Labute approximate surface area is 162 Å². The first-order valence-electron chi connectivity index (χ1n) is 9.22. The van der Waals surface area contributed by atoms with E-state index in [0.717, 1.165) is 18.0 Å². The Hall–Kier alpha value is -2.47. The quantitative estimate of drug-likeness (QED) is 0.706. The Balaban J connectivity index is 1.81. The van der Waals surface area contributed by atoms with Gasteiger partial charge >= 0.3 is 5.97 Å². The van der Waals surface area contributed by atoms with E-state index in [-0.39, 0.29) is 5.82 Å². The zero-order valence-corrected chi connectivity index (χ0v) is 15.9. The Morgan fingerprint density at radius 1 is 1.26 bits per heavy atom. The van der Waals surface area contributed by atoms with Gasteiger partial charge in [0.15, 0.2) is 0 Å². The van der Waals surface area contributed by atoms with Gasteiger partial charge in [-0.3, -0.25) is 4.98 Å². The van der Waals surface area contributed by atoms with Crippen molar-refractivity contribution in [2.24, 2.45) is 11.8 Å². The molecule has 0 amide bonds. The molecule has 1 aliphatic carbocycles. The summed E-state index contributed by atoms with van der Waals surface area (Å²) in [7, 11) is 0. The molecule has 27 heavy (non-hydrogen) atoms. The largest absolute Gasteiger partial charge is 0.475 e. The topological polar surface area (TPSA) is 80.9 Å². The number of fused-ring (bicyclic) bond motifs is 1. The molecule has 3 heterocycles. The predicted octanol–water partition coefficient (Wildman–Crippen LogP) is 4.67. The Morgan fingerprint density at radius 3 is 2.74 bits per heavy atom. The molecule has 0 aromatic carbocycles. The summed E-state index contributed by atoms with van der Waals surface area (Å²) in [5.74, 6) is 0.0439.